The number of azide groups is 2. The summed E-state index contributed by atoms with van der Waals surface area (Å²) in [7, 11) is 1.63. The predicted octanol–water partition coefficient (Wildman–Crippen LogP) is 2.33. The van der Waals surface area contributed by atoms with Gasteiger partial charge in [-0.2, -0.15) is 0 Å². The van der Waals surface area contributed by atoms with E-state index in [9.17, 15) is 0 Å². The molecule has 0 amide bonds. The van der Waals surface area contributed by atoms with Gasteiger partial charge in [-0.25, -0.2) is 0 Å². The minimum absolute atomic E-state index is 0.273. The molecule has 0 N–H and O–H groups in total. The maximum Gasteiger partial charge on any atom is 0.0700 e. The molecule has 0 unspecified atom stereocenters. The van der Waals surface area contributed by atoms with E-state index < -0.39 is 0 Å². The van der Waals surface area contributed by atoms with E-state index in [4.69, 9.17) is 34.7 Å². The number of hydrogen-bond acceptors (Lipinski definition) is 7. The lowest BCUT2D eigenvalue weighted by atomic mass is 9.94. The summed E-state index contributed by atoms with van der Waals surface area (Å²) in [6.45, 7) is 6.61. The second-order valence-electron chi connectivity index (χ2n) is 5.48. The van der Waals surface area contributed by atoms with Gasteiger partial charge in [0.25, 0.3) is 0 Å². The molecular weight excluding hydrogens is 332 g/mol. The summed E-state index contributed by atoms with van der Waals surface area (Å²) in [4.78, 5) is 5.28. The summed E-state index contributed by atoms with van der Waals surface area (Å²) in [6.07, 6.45) is 0. The molecule has 0 fully saturated rings. The Morgan fingerprint density at radius 2 is 1.16 bits per heavy atom. The molecule has 11 heteroatoms. The molecule has 0 aromatic rings. The normalized spacial score (nSPS) is 12.9. The average Bonchev–Trinajstić information content (AvgIpc) is 2.60. The molecule has 0 aromatic carbocycles. The number of rotatable bonds is 18. The Bertz CT molecular complexity index is 381. The third-order valence-corrected chi connectivity index (χ3v) is 2.94. The van der Waals surface area contributed by atoms with Gasteiger partial charge in [0.2, 0.25) is 0 Å². The van der Waals surface area contributed by atoms with Crippen LogP contribution in [0.3, 0.4) is 0 Å². The maximum atomic E-state index is 8.13. The molecule has 0 saturated heterocycles. The number of hydrogen-bond donors (Lipinski definition) is 0. The van der Waals surface area contributed by atoms with Crippen molar-refractivity contribution < 1.29 is 23.7 Å². The lowest BCUT2D eigenvalue weighted by molar-refractivity contribution is -0.0662. The van der Waals surface area contributed by atoms with Crippen LogP contribution in [0.2, 0.25) is 0 Å². The summed E-state index contributed by atoms with van der Waals surface area (Å²) in [5.74, 6) is 0. The van der Waals surface area contributed by atoms with Crippen LogP contribution in [-0.4, -0.2) is 79.7 Å². The van der Waals surface area contributed by atoms with Crippen LogP contribution < -0.4 is 0 Å². The Labute approximate surface area is 147 Å². The first-order valence-electron chi connectivity index (χ1n) is 8.00. The van der Waals surface area contributed by atoms with E-state index >= 15 is 0 Å². The van der Waals surface area contributed by atoms with Crippen LogP contribution in [0.1, 0.15) is 6.92 Å². The molecule has 0 atom stereocenters. The fraction of sp³-hybridized carbons (Fsp3) is 1.00. The van der Waals surface area contributed by atoms with E-state index in [1.54, 1.807) is 7.11 Å². The molecule has 11 nitrogen and oxygen atoms in total. The van der Waals surface area contributed by atoms with Crippen LogP contribution >= 0.6 is 0 Å². The molecule has 0 heterocycles. The van der Waals surface area contributed by atoms with Crippen molar-refractivity contribution in [1.29, 1.82) is 0 Å². The van der Waals surface area contributed by atoms with E-state index in [1.165, 1.54) is 0 Å². The minimum Gasteiger partial charge on any atom is -0.384 e. The molecule has 0 radical (unpaired) electrons. The largest absolute Gasteiger partial charge is 0.384 e. The van der Waals surface area contributed by atoms with Crippen molar-refractivity contribution in [3.05, 3.63) is 20.9 Å². The molecule has 0 aliphatic rings. The lowest BCUT2D eigenvalue weighted by Gasteiger charge is -2.28. The van der Waals surface area contributed by atoms with Crippen molar-refractivity contribution in [1.82, 2.24) is 0 Å². The molecule has 0 spiro atoms. The molecular formula is C14H28N6O5. The zero-order chi connectivity index (χ0) is 18.6. The van der Waals surface area contributed by atoms with Gasteiger partial charge in [-0.15, -0.1) is 0 Å². The van der Waals surface area contributed by atoms with E-state index in [1.807, 2.05) is 6.92 Å². The highest BCUT2D eigenvalue weighted by Gasteiger charge is 2.25. The lowest BCUT2D eigenvalue weighted by Crippen LogP contribution is -2.34. The highest BCUT2D eigenvalue weighted by atomic mass is 16.5. The second-order valence-corrected chi connectivity index (χ2v) is 5.48. The molecule has 0 rings (SSSR count). The van der Waals surface area contributed by atoms with Gasteiger partial charge < -0.3 is 23.7 Å². The van der Waals surface area contributed by atoms with Gasteiger partial charge >= 0.3 is 0 Å². The highest BCUT2D eigenvalue weighted by molar-refractivity contribution is 4.73. The first-order valence-corrected chi connectivity index (χ1v) is 8.00. The number of ether oxygens (including phenoxy) is 5. The zero-order valence-electron chi connectivity index (χ0n) is 15.0. The van der Waals surface area contributed by atoms with Gasteiger partial charge in [0, 0.05) is 35.4 Å². The Balaban J connectivity index is 3.76. The van der Waals surface area contributed by atoms with Crippen molar-refractivity contribution in [2.24, 2.45) is 15.6 Å². The van der Waals surface area contributed by atoms with Crippen molar-refractivity contribution in [2.45, 2.75) is 6.92 Å². The number of methoxy groups -OCH3 is 1. The quantitative estimate of drug-likeness (QED) is 0.159. The van der Waals surface area contributed by atoms with Crippen LogP contribution in [0, 0.1) is 5.41 Å². The van der Waals surface area contributed by atoms with Gasteiger partial charge in [0.05, 0.1) is 59.5 Å². The van der Waals surface area contributed by atoms with Crippen molar-refractivity contribution in [3.8, 4) is 0 Å². The van der Waals surface area contributed by atoms with Gasteiger partial charge in [0.1, 0.15) is 0 Å². The van der Waals surface area contributed by atoms with Gasteiger partial charge in [-0.3, -0.25) is 0 Å². The average molecular weight is 360 g/mol. The van der Waals surface area contributed by atoms with Crippen molar-refractivity contribution in [2.75, 3.05) is 79.7 Å². The van der Waals surface area contributed by atoms with Crippen LogP contribution in [0.5, 0.6) is 0 Å². The van der Waals surface area contributed by atoms with Crippen LogP contribution in [0.4, 0.5) is 0 Å². The molecule has 0 aliphatic carbocycles. The van der Waals surface area contributed by atoms with E-state index in [0.717, 1.165) is 0 Å². The molecule has 0 saturated carbocycles. The summed E-state index contributed by atoms with van der Waals surface area (Å²) in [6, 6.07) is 0. The summed E-state index contributed by atoms with van der Waals surface area (Å²) in [5, 5.41) is 6.75. The third-order valence-electron chi connectivity index (χ3n) is 2.94. The fourth-order valence-electron chi connectivity index (χ4n) is 1.85. The van der Waals surface area contributed by atoms with Gasteiger partial charge in [-0.1, -0.05) is 17.2 Å². The molecule has 0 aromatic heterocycles. The van der Waals surface area contributed by atoms with Crippen molar-refractivity contribution in [3.63, 3.8) is 0 Å². The Kier molecular flexibility index (Phi) is 16.2. The molecule has 25 heavy (non-hydrogen) atoms. The first kappa shape index (κ1) is 23.4. The zero-order valence-corrected chi connectivity index (χ0v) is 15.0. The summed E-state index contributed by atoms with van der Waals surface area (Å²) >= 11 is 0. The van der Waals surface area contributed by atoms with E-state index in [2.05, 4.69) is 20.1 Å². The summed E-state index contributed by atoms with van der Waals surface area (Å²) in [5.41, 5.74) is 16.0. The Morgan fingerprint density at radius 3 is 1.56 bits per heavy atom. The highest BCUT2D eigenvalue weighted by Crippen LogP contribution is 2.18. The Morgan fingerprint density at radius 1 is 0.720 bits per heavy atom. The van der Waals surface area contributed by atoms with Gasteiger partial charge in [0.15, 0.2) is 0 Å². The monoisotopic (exact) mass is 360 g/mol. The van der Waals surface area contributed by atoms with Crippen molar-refractivity contribution >= 4 is 0 Å². The van der Waals surface area contributed by atoms with Crippen LogP contribution in [0.25, 0.3) is 20.9 Å². The molecule has 0 aliphatic heterocycles. The summed E-state index contributed by atoms with van der Waals surface area (Å²) < 4.78 is 27.0. The predicted molar refractivity (Wildman–Crippen MR) is 91.3 cm³/mol. The SMILES string of the molecule is COCC(C)(COCCOCCN=[N+]=[N-])COCCOCCN=[N+]=[N-]. The second kappa shape index (κ2) is 17.2. The topological polar surface area (TPSA) is 144 Å². The molecule has 0 bridgehead atoms. The fourth-order valence-corrected chi connectivity index (χ4v) is 1.85. The van der Waals surface area contributed by atoms with E-state index in [0.29, 0.717) is 72.6 Å². The van der Waals surface area contributed by atoms with Crippen LogP contribution in [0.15, 0.2) is 10.2 Å². The van der Waals surface area contributed by atoms with Gasteiger partial charge in [-0.05, 0) is 11.1 Å². The third kappa shape index (κ3) is 15.7. The molecule has 144 valence electrons. The van der Waals surface area contributed by atoms with E-state index in [-0.39, 0.29) is 5.41 Å². The Hall–Kier alpha value is -1.58. The van der Waals surface area contributed by atoms with Crippen LogP contribution in [-0.2, 0) is 23.7 Å². The minimum atomic E-state index is -0.273. The number of nitrogens with zero attached hydrogens (tertiary/aromatic N) is 6. The standard InChI is InChI=1S/C14H28N6O5/c1-14(11-21-2,12-24-9-7-22-5-3-17-19-15)13-25-10-8-23-6-4-18-20-16/h3-13H2,1-2H3. The first-order chi connectivity index (χ1) is 12.2. The maximum absolute atomic E-state index is 8.13. The smallest absolute Gasteiger partial charge is 0.0700 e.